The summed E-state index contributed by atoms with van der Waals surface area (Å²) in [4.78, 5) is 0. The highest BCUT2D eigenvalue weighted by molar-refractivity contribution is 5.29. The monoisotopic (exact) mass is 225 g/mol. The topological polar surface area (TPSA) is 21.3 Å². The van der Waals surface area contributed by atoms with Gasteiger partial charge in [0.15, 0.2) is 0 Å². The number of aryl methyl sites for hydroxylation is 1. The zero-order chi connectivity index (χ0) is 12.0. The van der Waals surface area contributed by atoms with Gasteiger partial charge in [-0.25, -0.2) is 4.39 Å². The van der Waals surface area contributed by atoms with Gasteiger partial charge in [-0.15, -0.1) is 0 Å². The van der Waals surface area contributed by atoms with Gasteiger partial charge in [-0.1, -0.05) is 6.07 Å². The number of halogens is 1. The summed E-state index contributed by atoms with van der Waals surface area (Å²) in [5.41, 5.74) is 2.12. The number of benzene rings is 1. The average molecular weight is 225 g/mol. The van der Waals surface area contributed by atoms with E-state index in [1.807, 2.05) is 27.0 Å². The lowest BCUT2D eigenvalue weighted by atomic mass is 9.99. The molecule has 90 valence electrons. The molecule has 0 heterocycles. The molecule has 1 aromatic carbocycles. The maximum Gasteiger partial charge on any atom is 0.123 e. The number of hydrogen-bond donors (Lipinski definition) is 1. The van der Waals surface area contributed by atoms with Crippen molar-refractivity contribution in [2.75, 3.05) is 20.3 Å². The molecule has 0 radical (unpaired) electrons. The standard InChI is InChI=1S/C13H20FNO/c1-4-16-8-7-13(15-3)12-9-11(14)6-5-10(12)2/h5-6,9,13,15H,4,7-8H2,1-3H3. The smallest absolute Gasteiger partial charge is 0.123 e. The minimum Gasteiger partial charge on any atom is -0.382 e. The van der Waals surface area contributed by atoms with Gasteiger partial charge in [-0.3, -0.25) is 0 Å². The van der Waals surface area contributed by atoms with Crippen LogP contribution in [0.3, 0.4) is 0 Å². The Morgan fingerprint density at radius 3 is 2.81 bits per heavy atom. The Kier molecular flexibility index (Phi) is 5.43. The molecule has 0 saturated heterocycles. The first-order valence-electron chi connectivity index (χ1n) is 5.70. The summed E-state index contributed by atoms with van der Waals surface area (Å²) in [7, 11) is 1.89. The van der Waals surface area contributed by atoms with Crippen LogP contribution in [0.5, 0.6) is 0 Å². The second-order valence-corrected chi connectivity index (χ2v) is 3.83. The molecule has 1 unspecified atom stereocenters. The van der Waals surface area contributed by atoms with E-state index in [2.05, 4.69) is 5.32 Å². The number of nitrogens with one attached hydrogen (secondary N) is 1. The van der Waals surface area contributed by atoms with Crippen LogP contribution < -0.4 is 5.32 Å². The fraction of sp³-hybridized carbons (Fsp3) is 0.538. The van der Waals surface area contributed by atoms with E-state index in [-0.39, 0.29) is 11.9 Å². The molecular formula is C13H20FNO. The quantitative estimate of drug-likeness (QED) is 0.752. The van der Waals surface area contributed by atoms with E-state index in [0.717, 1.165) is 24.2 Å². The van der Waals surface area contributed by atoms with Gasteiger partial charge < -0.3 is 10.1 Å². The molecule has 0 bridgehead atoms. The summed E-state index contributed by atoms with van der Waals surface area (Å²) in [6.45, 7) is 5.39. The first-order valence-corrected chi connectivity index (χ1v) is 5.70. The van der Waals surface area contributed by atoms with E-state index >= 15 is 0 Å². The summed E-state index contributed by atoms with van der Waals surface area (Å²) in [5.74, 6) is -0.183. The molecule has 0 fully saturated rings. The van der Waals surface area contributed by atoms with Crippen molar-refractivity contribution in [2.45, 2.75) is 26.3 Å². The van der Waals surface area contributed by atoms with Crippen molar-refractivity contribution in [1.29, 1.82) is 0 Å². The molecule has 0 aliphatic carbocycles. The minimum absolute atomic E-state index is 0.155. The van der Waals surface area contributed by atoms with E-state index in [0.29, 0.717) is 6.61 Å². The molecule has 0 aromatic heterocycles. The van der Waals surface area contributed by atoms with E-state index in [1.54, 1.807) is 6.07 Å². The van der Waals surface area contributed by atoms with Gasteiger partial charge in [-0.05, 0) is 50.6 Å². The third kappa shape index (κ3) is 3.58. The molecular weight excluding hydrogens is 205 g/mol. The van der Waals surface area contributed by atoms with Crippen LogP contribution in [0.1, 0.15) is 30.5 Å². The molecule has 3 heteroatoms. The normalized spacial score (nSPS) is 12.8. The van der Waals surface area contributed by atoms with Crippen LogP contribution in [0.2, 0.25) is 0 Å². The van der Waals surface area contributed by atoms with E-state index in [4.69, 9.17) is 4.74 Å². The van der Waals surface area contributed by atoms with Crippen LogP contribution in [-0.4, -0.2) is 20.3 Å². The summed E-state index contributed by atoms with van der Waals surface area (Å²) in [6, 6.07) is 5.06. The molecule has 2 nitrogen and oxygen atoms in total. The van der Waals surface area contributed by atoms with Crippen molar-refractivity contribution < 1.29 is 9.13 Å². The van der Waals surface area contributed by atoms with Crippen molar-refractivity contribution in [3.05, 3.63) is 35.1 Å². The van der Waals surface area contributed by atoms with E-state index in [1.165, 1.54) is 6.07 Å². The van der Waals surface area contributed by atoms with Crippen LogP contribution in [-0.2, 0) is 4.74 Å². The van der Waals surface area contributed by atoms with Gasteiger partial charge in [0.25, 0.3) is 0 Å². The highest BCUT2D eigenvalue weighted by Crippen LogP contribution is 2.21. The van der Waals surface area contributed by atoms with E-state index in [9.17, 15) is 4.39 Å². The van der Waals surface area contributed by atoms with Gasteiger partial charge >= 0.3 is 0 Å². The summed E-state index contributed by atoms with van der Waals surface area (Å²) >= 11 is 0. The third-order valence-corrected chi connectivity index (χ3v) is 2.72. The predicted octanol–water partition coefficient (Wildman–Crippen LogP) is 2.82. The van der Waals surface area contributed by atoms with Gasteiger partial charge in [0.1, 0.15) is 5.82 Å². The van der Waals surface area contributed by atoms with Gasteiger partial charge in [0.2, 0.25) is 0 Å². The maximum atomic E-state index is 13.2. The zero-order valence-electron chi connectivity index (χ0n) is 10.2. The second-order valence-electron chi connectivity index (χ2n) is 3.83. The summed E-state index contributed by atoms with van der Waals surface area (Å²) in [6.07, 6.45) is 0.856. The molecule has 0 spiro atoms. The fourth-order valence-electron chi connectivity index (χ4n) is 1.79. The van der Waals surface area contributed by atoms with Crippen molar-refractivity contribution in [1.82, 2.24) is 5.32 Å². The number of rotatable bonds is 6. The Morgan fingerprint density at radius 1 is 1.44 bits per heavy atom. The summed E-state index contributed by atoms with van der Waals surface area (Å²) in [5, 5.41) is 3.20. The molecule has 0 aliphatic heterocycles. The minimum atomic E-state index is -0.183. The first kappa shape index (κ1) is 13.1. The highest BCUT2D eigenvalue weighted by Gasteiger charge is 2.12. The highest BCUT2D eigenvalue weighted by atomic mass is 19.1. The molecule has 0 saturated carbocycles. The predicted molar refractivity (Wildman–Crippen MR) is 64.0 cm³/mol. The lowest BCUT2D eigenvalue weighted by Gasteiger charge is -2.18. The molecule has 1 rings (SSSR count). The van der Waals surface area contributed by atoms with Crippen LogP contribution in [0, 0.1) is 12.7 Å². The Morgan fingerprint density at radius 2 is 2.19 bits per heavy atom. The molecule has 1 atom stereocenters. The van der Waals surface area contributed by atoms with Crippen molar-refractivity contribution in [3.63, 3.8) is 0 Å². The summed E-state index contributed by atoms with van der Waals surface area (Å²) < 4.78 is 18.5. The zero-order valence-corrected chi connectivity index (χ0v) is 10.2. The number of hydrogen-bond acceptors (Lipinski definition) is 2. The van der Waals surface area contributed by atoms with Gasteiger partial charge in [0.05, 0.1) is 0 Å². The van der Waals surface area contributed by atoms with Crippen molar-refractivity contribution in [2.24, 2.45) is 0 Å². The molecule has 16 heavy (non-hydrogen) atoms. The lowest BCUT2D eigenvalue weighted by molar-refractivity contribution is 0.137. The second kappa shape index (κ2) is 6.61. The fourth-order valence-corrected chi connectivity index (χ4v) is 1.79. The van der Waals surface area contributed by atoms with Crippen molar-refractivity contribution in [3.8, 4) is 0 Å². The largest absolute Gasteiger partial charge is 0.382 e. The van der Waals surface area contributed by atoms with Crippen LogP contribution >= 0.6 is 0 Å². The van der Waals surface area contributed by atoms with Crippen LogP contribution in [0.4, 0.5) is 4.39 Å². The van der Waals surface area contributed by atoms with Gasteiger partial charge in [-0.2, -0.15) is 0 Å². The lowest BCUT2D eigenvalue weighted by Crippen LogP contribution is -2.19. The third-order valence-electron chi connectivity index (χ3n) is 2.72. The molecule has 1 N–H and O–H groups in total. The number of ether oxygens (including phenoxy) is 1. The maximum absolute atomic E-state index is 13.2. The van der Waals surface area contributed by atoms with E-state index < -0.39 is 0 Å². The molecule has 1 aromatic rings. The molecule has 0 amide bonds. The Bertz CT molecular complexity index is 328. The van der Waals surface area contributed by atoms with Gasteiger partial charge in [0, 0.05) is 19.3 Å². The molecule has 0 aliphatic rings. The van der Waals surface area contributed by atoms with Crippen LogP contribution in [0.15, 0.2) is 18.2 Å². The van der Waals surface area contributed by atoms with Crippen molar-refractivity contribution >= 4 is 0 Å². The van der Waals surface area contributed by atoms with Crippen LogP contribution in [0.25, 0.3) is 0 Å². The Labute approximate surface area is 96.8 Å². The average Bonchev–Trinajstić information content (AvgIpc) is 2.28. The SMILES string of the molecule is CCOCCC(NC)c1cc(F)ccc1C. The first-order chi connectivity index (χ1) is 7.69. The Hall–Kier alpha value is -0.930. The Balaban J connectivity index is 2.73.